The third-order valence-corrected chi connectivity index (χ3v) is 6.60. The highest BCUT2D eigenvalue weighted by Crippen LogP contribution is 2.27. The predicted octanol–water partition coefficient (Wildman–Crippen LogP) is 5.25. The van der Waals surface area contributed by atoms with Crippen molar-refractivity contribution < 1.29 is 19.2 Å². The molecule has 1 saturated heterocycles. The molecule has 12 nitrogen and oxygen atoms in total. The molecule has 208 valence electrons. The zero-order chi connectivity index (χ0) is 28.8. The molecule has 41 heavy (non-hydrogen) atoms. The number of carbonyl (C=O) groups excluding carboxylic acids is 1. The largest absolute Gasteiger partial charge is 0.457 e. The van der Waals surface area contributed by atoms with Gasteiger partial charge in [-0.25, -0.2) is 14.8 Å². The second-order valence-corrected chi connectivity index (χ2v) is 9.32. The second kappa shape index (κ2) is 12.1. The fourth-order valence-electron chi connectivity index (χ4n) is 4.41. The smallest absolute Gasteiger partial charge is 0.415 e. The number of non-ortho nitro benzene ring substituents is 1. The van der Waals surface area contributed by atoms with Gasteiger partial charge in [0, 0.05) is 36.8 Å². The van der Waals surface area contributed by atoms with E-state index in [0.29, 0.717) is 54.4 Å². The monoisotopic (exact) mass is 553 g/mol. The number of nitro benzene ring substituents is 1. The zero-order valence-corrected chi connectivity index (χ0v) is 21.9. The van der Waals surface area contributed by atoms with Gasteiger partial charge in [-0.2, -0.15) is 0 Å². The molecule has 1 aromatic heterocycles. The minimum Gasteiger partial charge on any atom is -0.457 e. The molecule has 12 heteroatoms. The summed E-state index contributed by atoms with van der Waals surface area (Å²) in [5.41, 5.74) is 7.30. The average molecular weight is 554 g/mol. The molecule has 5 rings (SSSR count). The number of rotatable bonds is 8. The van der Waals surface area contributed by atoms with Gasteiger partial charge in [-0.1, -0.05) is 18.2 Å². The molecule has 0 saturated carbocycles. The Morgan fingerprint density at radius 2 is 1.59 bits per heavy atom. The van der Waals surface area contributed by atoms with Crippen LogP contribution in [0.25, 0.3) is 0 Å². The van der Waals surface area contributed by atoms with Crippen LogP contribution >= 0.6 is 0 Å². The summed E-state index contributed by atoms with van der Waals surface area (Å²) in [6, 6.07) is 21.9. The highest BCUT2D eigenvalue weighted by Gasteiger charge is 2.26. The van der Waals surface area contributed by atoms with Gasteiger partial charge in [0.2, 0.25) is 0 Å². The Balaban J connectivity index is 1.20. The Morgan fingerprint density at radius 1 is 0.951 bits per heavy atom. The van der Waals surface area contributed by atoms with E-state index in [-0.39, 0.29) is 29.0 Å². The number of amides is 1. The molecule has 0 aliphatic carbocycles. The van der Waals surface area contributed by atoms with Crippen molar-refractivity contribution in [2.24, 2.45) is 0 Å². The highest BCUT2D eigenvalue weighted by molar-refractivity contribution is 6.16. The van der Waals surface area contributed by atoms with Crippen molar-refractivity contribution in [3.8, 4) is 17.2 Å². The van der Waals surface area contributed by atoms with Crippen LogP contribution < -0.4 is 20.5 Å². The van der Waals surface area contributed by atoms with E-state index in [2.05, 4.69) is 15.3 Å². The number of benzene rings is 3. The number of hydrogen-bond acceptors (Lipinski definition) is 10. The van der Waals surface area contributed by atoms with Gasteiger partial charge >= 0.3 is 6.09 Å². The van der Waals surface area contributed by atoms with Gasteiger partial charge in [0.05, 0.1) is 16.2 Å². The Kier molecular flexibility index (Phi) is 8.00. The van der Waals surface area contributed by atoms with Crippen LogP contribution in [0.5, 0.6) is 17.2 Å². The number of nitro groups is 1. The van der Waals surface area contributed by atoms with E-state index in [1.807, 2.05) is 30.3 Å². The first-order chi connectivity index (χ1) is 19.9. The number of anilines is 2. The molecule has 0 atom stereocenters. The second-order valence-electron chi connectivity index (χ2n) is 9.32. The van der Waals surface area contributed by atoms with Crippen LogP contribution in [0.4, 0.5) is 22.1 Å². The van der Waals surface area contributed by atoms with Crippen LogP contribution in [-0.4, -0.2) is 50.7 Å². The standard InChI is InChI=1S/C29H27N7O5/c30-26(19-6-10-23(11-7-19)40-22-4-2-1-3-5-22)25-27(31)32-18-33-28(25)34-20-14-16-35(17-15-20)29(37)41-24-12-8-21(9-13-24)36(38)39/h1-13,18,20,30H,14-17H2,(H3,31,32,33,34). The average Bonchev–Trinajstić information content (AvgIpc) is 2.98. The number of ether oxygens (including phenoxy) is 2. The fourth-order valence-corrected chi connectivity index (χ4v) is 4.41. The van der Waals surface area contributed by atoms with Crippen molar-refractivity contribution in [3.63, 3.8) is 0 Å². The lowest BCUT2D eigenvalue weighted by atomic mass is 10.0. The molecular formula is C29H27N7O5. The van der Waals surface area contributed by atoms with Gasteiger partial charge < -0.3 is 25.4 Å². The minimum atomic E-state index is -0.522. The van der Waals surface area contributed by atoms with Crippen LogP contribution in [0.1, 0.15) is 24.0 Å². The molecule has 1 fully saturated rings. The van der Waals surface area contributed by atoms with Gasteiger partial charge in [0.15, 0.2) is 0 Å². The first-order valence-corrected chi connectivity index (χ1v) is 12.9. The number of hydrogen-bond donors (Lipinski definition) is 3. The summed E-state index contributed by atoms with van der Waals surface area (Å²) in [7, 11) is 0. The minimum absolute atomic E-state index is 0.0269. The lowest BCUT2D eigenvalue weighted by Gasteiger charge is -2.32. The third kappa shape index (κ3) is 6.56. The number of carbonyl (C=O) groups is 1. The number of likely N-dealkylation sites (tertiary alicyclic amines) is 1. The highest BCUT2D eigenvalue weighted by atomic mass is 16.6. The summed E-state index contributed by atoms with van der Waals surface area (Å²) >= 11 is 0. The number of nitrogen functional groups attached to an aromatic ring is 1. The number of nitrogens with one attached hydrogen (secondary N) is 2. The summed E-state index contributed by atoms with van der Waals surface area (Å²) in [4.78, 5) is 32.9. The lowest BCUT2D eigenvalue weighted by molar-refractivity contribution is -0.384. The van der Waals surface area contributed by atoms with E-state index in [0.717, 1.165) is 0 Å². The molecular weight excluding hydrogens is 526 g/mol. The van der Waals surface area contributed by atoms with Crippen LogP contribution in [0.15, 0.2) is 85.2 Å². The number of nitrogens with two attached hydrogens (primary N) is 1. The SMILES string of the molecule is N=C(c1ccc(Oc2ccccc2)cc1)c1c(N)ncnc1NC1CCN(C(=O)Oc2ccc([N+](=O)[O-])cc2)CC1. The molecule has 3 aromatic carbocycles. The summed E-state index contributed by atoms with van der Waals surface area (Å²) in [6.07, 6.45) is 2.04. The van der Waals surface area contributed by atoms with E-state index in [4.69, 9.17) is 20.6 Å². The predicted molar refractivity (Wildman–Crippen MR) is 153 cm³/mol. The van der Waals surface area contributed by atoms with Crippen LogP contribution in [0.2, 0.25) is 0 Å². The van der Waals surface area contributed by atoms with Crippen molar-refractivity contribution in [1.82, 2.24) is 14.9 Å². The zero-order valence-electron chi connectivity index (χ0n) is 21.9. The summed E-state index contributed by atoms with van der Waals surface area (Å²) < 4.78 is 11.2. The Morgan fingerprint density at radius 3 is 2.24 bits per heavy atom. The molecule has 1 aliphatic rings. The van der Waals surface area contributed by atoms with E-state index in [9.17, 15) is 14.9 Å². The van der Waals surface area contributed by atoms with Gasteiger partial charge in [-0.3, -0.25) is 15.5 Å². The number of nitrogens with zero attached hydrogens (tertiary/aromatic N) is 4. The maximum atomic E-state index is 12.6. The van der Waals surface area contributed by atoms with E-state index in [1.165, 1.54) is 30.6 Å². The van der Waals surface area contributed by atoms with Gasteiger partial charge in [0.25, 0.3) is 5.69 Å². The Hall–Kier alpha value is -5.52. The van der Waals surface area contributed by atoms with Crippen molar-refractivity contribution in [2.75, 3.05) is 24.1 Å². The lowest BCUT2D eigenvalue weighted by Crippen LogP contribution is -2.43. The topological polar surface area (TPSA) is 170 Å². The fraction of sp³-hybridized carbons (Fsp3) is 0.172. The third-order valence-electron chi connectivity index (χ3n) is 6.60. The quantitative estimate of drug-likeness (QED) is 0.150. The van der Waals surface area contributed by atoms with Gasteiger partial charge in [0.1, 0.15) is 35.2 Å². The molecule has 0 bridgehead atoms. The van der Waals surface area contributed by atoms with Crippen molar-refractivity contribution in [2.45, 2.75) is 18.9 Å². The molecule has 1 aliphatic heterocycles. The van der Waals surface area contributed by atoms with E-state index >= 15 is 0 Å². The maximum absolute atomic E-state index is 12.6. The summed E-state index contributed by atoms with van der Waals surface area (Å²) in [5, 5.41) is 23.0. The Bertz CT molecular complexity index is 1540. The molecule has 1 amide bonds. The van der Waals surface area contributed by atoms with Crippen molar-refractivity contribution in [1.29, 1.82) is 5.41 Å². The first kappa shape index (κ1) is 27.1. The van der Waals surface area contributed by atoms with Gasteiger partial charge in [-0.15, -0.1) is 0 Å². The van der Waals surface area contributed by atoms with Crippen molar-refractivity contribution in [3.05, 3.63) is 106 Å². The molecule has 4 aromatic rings. The number of aromatic nitrogens is 2. The summed E-state index contributed by atoms with van der Waals surface area (Å²) in [5.74, 6) is 2.22. The van der Waals surface area contributed by atoms with E-state index in [1.54, 1.807) is 29.2 Å². The first-order valence-electron chi connectivity index (χ1n) is 12.9. The number of piperidine rings is 1. The molecule has 0 spiro atoms. The van der Waals surface area contributed by atoms with E-state index < -0.39 is 11.0 Å². The van der Waals surface area contributed by atoms with Crippen molar-refractivity contribution >= 4 is 29.1 Å². The maximum Gasteiger partial charge on any atom is 0.415 e. The molecule has 2 heterocycles. The summed E-state index contributed by atoms with van der Waals surface area (Å²) in [6.45, 7) is 0.861. The molecule has 0 unspecified atom stereocenters. The van der Waals surface area contributed by atoms with Crippen LogP contribution in [-0.2, 0) is 0 Å². The molecule has 4 N–H and O–H groups in total. The van der Waals surface area contributed by atoms with Crippen LogP contribution in [0.3, 0.4) is 0 Å². The van der Waals surface area contributed by atoms with Gasteiger partial charge in [-0.05, 0) is 61.4 Å². The normalized spacial score (nSPS) is 13.3. The molecule has 0 radical (unpaired) electrons. The number of para-hydroxylation sites is 1. The van der Waals surface area contributed by atoms with Crippen LogP contribution in [0, 0.1) is 15.5 Å². The Labute approximate surface area is 235 Å².